The summed E-state index contributed by atoms with van der Waals surface area (Å²) in [5, 5.41) is 11.3. The number of fused-ring (bicyclic) bond motifs is 1. The normalized spacial score (nSPS) is 15.6. The second kappa shape index (κ2) is 11.1. The maximum Gasteiger partial charge on any atom is 0.422 e. The Morgan fingerprint density at radius 3 is 2.40 bits per heavy atom. The fraction of sp³-hybridized carbons (Fsp3) is 0.310. The van der Waals surface area contributed by atoms with Crippen molar-refractivity contribution in [2.45, 2.75) is 38.5 Å². The van der Waals surface area contributed by atoms with E-state index < -0.39 is 41.0 Å². The smallest absolute Gasteiger partial charge is 0.422 e. The number of carbonyl (C=O) groups is 2. The van der Waals surface area contributed by atoms with Gasteiger partial charge in [0.1, 0.15) is 11.6 Å². The predicted molar refractivity (Wildman–Crippen MR) is 141 cm³/mol. The maximum absolute atomic E-state index is 14.6. The first-order valence-corrected chi connectivity index (χ1v) is 12.8. The summed E-state index contributed by atoms with van der Waals surface area (Å²) in [6.45, 7) is 4.47. The molecule has 1 aliphatic heterocycles. The highest BCUT2D eigenvalue weighted by Gasteiger charge is 2.59. The van der Waals surface area contributed by atoms with Crippen molar-refractivity contribution in [2.75, 3.05) is 24.7 Å². The number of alkyl halides is 3. The van der Waals surface area contributed by atoms with E-state index in [2.05, 4.69) is 0 Å². The zero-order chi connectivity index (χ0) is 29.4. The van der Waals surface area contributed by atoms with Crippen LogP contribution >= 0.6 is 11.6 Å². The monoisotopic (exact) mass is 579 g/mol. The maximum atomic E-state index is 14.6. The molecule has 1 aliphatic rings. The molecule has 3 aromatic carbocycles. The van der Waals surface area contributed by atoms with Crippen molar-refractivity contribution in [2.24, 2.45) is 0 Å². The Kier molecular flexibility index (Phi) is 8.14. The minimum absolute atomic E-state index is 0.00429. The lowest BCUT2D eigenvalue weighted by Gasteiger charge is -2.38. The zero-order valence-corrected chi connectivity index (χ0v) is 22.6. The molecular weight excluding hydrogens is 554 g/mol. The SMILES string of the molecule is CCOC(=O)c1cc(-c2ccc(C(C)C(O)(c3ccc4c(c3)N(CC)C(=O)CO4)C(F)(F)F)c(Cl)c2)ccc1F. The lowest BCUT2D eigenvalue weighted by Crippen LogP contribution is -2.47. The summed E-state index contributed by atoms with van der Waals surface area (Å²) in [5.74, 6) is -3.42. The molecule has 0 saturated carbocycles. The number of hydrogen-bond donors (Lipinski definition) is 1. The Morgan fingerprint density at radius 2 is 1.77 bits per heavy atom. The average Bonchev–Trinajstić information content (AvgIpc) is 2.91. The van der Waals surface area contributed by atoms with Crippen LogP contribution in [0, 0.1) is 5.82 Å². The first-order chi connectivity index (χ1) is 18.8. The molecule has 3 aromatic rings. The average molecular weight is 580 g/mol. The van der Waals surface area contributed by atoms with Gasteiger partial charge < -0.3 is 19.5 Å². The highest BCUT2D eigenvalue weighted by Crippen LogP contribution is 2.51. The van der Waals surface area contributed by atoms with Crippen LogP contribution in [0.4, 0.5) is 23.2 Å². The van der Waals surface area contributed by atoms with Gasteiger partial charge in [-0.15, -0.1) is 0 Å². The van der Waals surface area contributed by atoms with E-state index in [1.807, 2.05) is 0 Å². The van der Waals surface area contributed by atoms with Gasteiger partial charge in [0.2, 0.25) is 0 Å². The van der Waals surface area contributed by atoms with Gasteiger partial charge in [-0.05, 0) is 66.4 Å². The molecule has 40 heavy (non-hydrogen) atoms. The second-order valence-corrected chi connectivity index (χ2v) is 9.65. The number of aliphatic hydroxyl groups is 1. The summed E-state index contributed by atoms with van der Waals surface area (Å²) in [4.78, 5) is 25.6. The van der Waals surface area contributed by atoms with E-state index in [4.69, 9.17) is 21.1 Å². The van der Waals surface area contributed by atoms with Crippen LogP contribution in [0.15, 0.2) is 54.6 Å². The molecule has 6 nitrogen and oxygen atoms in total. The Bertz CT molecular complexity index is 1460. The summed E-state index contributed by atoms with van der Waals surface area (Å²) in [5.41, 5.74) is -3.26. The van der Waals surface area contributed by atoms with Crippen molar-refractivity contribution in [3.63, 3.8) is 0 Å². The van der Waals surface area contributed by atoms with Gasteiger partial charge in [0.05, 0.1) is 17.9 Å². The molecule has 0 spiro atoms. The number of rotatable bonds is 7. The number of benzene rings is 3. The number of likely N-dealkylation sites (N-methyl/N-ethyl adjacent to an activating group) is 1. The number of carbonyl (C=O) groups excluding carboxylic acids is 2. The van der Waals surface area contributed by atoms with Crippen molar-refractivity contribution in [3.05, 3.63) is 82.1 Å². The molecule has 0 saturated heterocycles. The topological polar surface area (TPSA) is 76.1 Å². The van der Waals surface area contributed by atoms with Crippen LogP contribution in [0.25, 0.3) is 11.1 Å². The van der Waals surface area contributed by atoms with Gasteiger partial charge in [0.25, 0.3) is 5.91 Å². The second-order valence-electron chi connectivity index (χ2n) is 9.25. The van der Waals surface area contributed by atoms with E-state index in [-0.39, 0.29) is 47.3 Å². The van der Waals surface area contributed by atoms with Gasteiger partial charge in [-0.25, -0.2) is 9.18 Å². The van der Waals surface area contributed by atoms with Crippen molar-refractivity contribution in [3.8, 4) is 16.9 Å². The summed E-state index contributed by atoms with van der Waals surface area (Å²) in [7, 11) is 0. The fourth-order valence-electron chi connectivity index (χ4n) is 4.80. The molecule has 0 bridgehead atoms. The minimum Gasteiger partial charge on any atom is -0.482 e. The van der Waals surface area contributed by atoms with Crippen molar-refractivity contribution in [1.82, 2.24) is 0 Å². The highest BCUT2D eigenvalue weighted by molar-refractivity contribution is 6.31. The molecule has 2 atom stereocenters. The van der Waals surface area contributed by atoms with Crippen LogP contribution < -0.4 is 9.64 Å². The van der Waals surface area contributed by atoms with Crippen LogP contribution in [-0.2, 0) is 15.1 Å². The first kappa shape index (κ1) is 29.4. The lowest BCUT2D eigenvalue weighted by molar-refractivity contribution is -0.274. The molecule has 0 radical (unpaired) electrons. The molecule has 212 valence electrons. The van der Waals surface area contributed by atoms with Crippen LogP contribution in [0.5, 0.6) is 5.75 Å². The molecule has 1 N–H and O–H groups in total. The molecule has 11 heteroatoms. The standard InChI is InChI=1S/C29H26ClF4NO5/c1-4-35-24-14-19(8-11-25(24)40-15-26(35)36)28(38,29(32,33)34)16(3)20-9-6-18(13-22(20)30)17-7-10-23(31)21(12-17)27(37)39-5-2/h6-14,16,38H,4-5,15H2,1-3H3. The van der Waals surface area contributed by atoms with E-state index >= 15 is 0 Å². The molecule has 0 aromatic heterocycles. The van der Waals surface area contributed by atoms with E-state index in [9.17, 15) is 32.3 Å². The van der Waals surface area contributed by atoms with Crippen LogP contribution in [-0.4, -0.2) is 42.9 Å². The van der Waals surface area contributed by atoms with E-state index in [1.165, 1.54) is 48.2 Å². The number of esters is 1. The van der Waals surface area contributed by atoms with Crippen molar-refractivity contribution >= 4 is 29.2 Å². The summed E-state index contributed by atoms with van der Waals surface area (Å²) in [6.07, 6.45) is -5.13. The van der Waals surface area contributed by atoms with E-state index in [1.54, 1.807) is 13.8 Å². The third-order valence-corrected chi connectivity index (χ3v) is 7.31. The van der Waals surface area contributed by atoms with Gasteiger partial charge in [-0.3, -0.25) is 4.79 Å². The predicted octanol–water partition coefficient (Wildman–Crippen LogP) is 6.62. The Labute approximate surface area is 233 Å². The third-order valence-electron chi connectivity index (χ3n) is 6.98. The molecule has 0 aliphatic carbocycles. The molecule has 0 fully saturated rings. The number of ether oxygens (including phenoxy) is 2. The lowest BCUT2D eigenvalue weighted by atomic mass is 9.77. The largest absolute Gasteiger partial charge is 0.482 e. The van der Waals surface area contributed by atoms with Gasteiger partial charge >= 0.3 is 12.1 Å². The van der Waals surface area contributed by atoms with Gasteiger partial charge in [0, 0.05) is 17.5 Å². The Morgan fingerprint density at radius 1 is 1.10 bits per heavy atom. The van der Waals surface area contributed by atoms with E-state index in [0.717, 1.165) is 18.2 Å². The molecule has 2 unspecified atom stereocenters. The Hall–Kier alpha value is -3.63. The third kappa shape index (κ3) is 5.13. The van der Waals surface area contributed by atoms with Crippen LogP contribution in [0.3, 0.4) is 0 Å². The summed E-state index contributed by atoms with van der Waals surface area (Å²) < 4.78 is 68.3. The van der Waals surface area contributed by atoms with Gasteiger partial charge in [-0.2, -0.15) is 13.2 Å². The van der Waals surface area contributed by atoms with E-state index in [0.29, 0.717) is 11.1 Å². The zero-order valence-electron chi connectivity index (χ0n) is 21.8. The number of anilines is 1. The van der Waals surface area contributed by atoms with Gasteiger partial charge in [0.15, 0.2) is 12.2 Å². The number of hydrogen-bond acceptors (Lipinski definition) is 5. The number of nitrogens with zero attached hydrogens (tertiary/aromatic N) is 1. The molecular formula is C29H26ClF4NO5. The quantitative estimate of drug-likeness (QED) is 0.251. The molecule has 1 heterocycles. The summed E-state index contributed by atoms with van der Waals surface area (Å²) in [6, 6.07) is 11.5. The fourth-order valence-corrected chi connectivity index (χ4v) is 5.14. The van der Waals surface area contributed by atoms with Gasteiger partial charge in [-0.1, -0.05) is 42.8 Å². The minimum atomic E-state index is -5.13. The number of halogens is 5. The highest BCUT2D eigenvalue weighted by atomic mass is 35.5. The van der Waals surface area contributed by atoms with Crippen molar-refractivity contribution in [1.29, 1.82) is 0 Å². The van der Waals surface area contributed by atoms with Crippen LogP contribution in [0.2, 0.25) is 5.02 Å². The van der Waals surface area contributed by atoms with Crippen LogP contribution in [0.1, 0.15) is 48.2 Å². The Balaban J connectivity index is 1.76. The first-order valence-electron chi connectivity index (χ1n) is 12.5. The summed E-state index contributed by atoms with van der Waals surface area (Å²) >= 11 is 6.46. The molecule has 4 rings (SSSR count). The molecule has 1 amide bonds. The van der Waals surface area contributed by atoms with Crippen molar-refractivity contribution < 1.29 is 41.7 Å². The number of amides is 1.